The number of hydrogen-bond acceptors (Lipinski definition) is 3. The van der Waals surface area contributed by atoms with Crippen LogP contribution in [0.5, 0.6) is 0 Å². The van der Waals surface area contributed by atoms with E-state index in [1.165, 1.54) is 0 Å². The van der Waals surface area contributed by atoms with E-state index in [2.05, 4.69) is 16.7 Å². The van der Waals surface area contributed by atoms with E-state index >= 15 is 0 Å². The molecule has 0 aliphatic rings. The summed E-state index contributed by atoms with van der Waals surface area (Å²) in [5.74, 6) is 0.375. The number of benzene rings is 2. The lowest BCUT2D eigenvalue weighted by atomic mass is 10.1. The van der Waals surface area contributed by atoms with Crippen LogP contribution < -0.4 is 10.6 Å². The monoisotopic (exact) mass is 293 g/mol. The van der Waals surface area contributed by atoms with Crippen LogP contribution in [0.25, 0.3) is 0 Å². The predicted molar refractivity (Wildman–Crippen MR) is 89.0 cm³/mol. The maximum absolute atomic E-state index is 11.7. The molecule has 4 heteroatoms. The molecule has 2 aromatic rings. The second-order valence-corrected chi connectivity index (χ2v) is 5.54. The number of nitrogens with one attached hydrogen (secondary N) is 2. The highest BCUT2D eigenvalue weighted by molar-refractivity contribution is 5.91. The van der Waals surface area contributed by atoms with Crippen molar-refractivity contribution >= 4 is 23.0 Å². The molecule has 0 heterocycles. The third-order valence-electron chi connectivity index (χ3n) is 3.06. The van der Waals surface area contributed by atoms with Gasteiger partial charge in [-0.25, -0.2) is 0 Å². The normalized spacial score (nSPS) is 10.1. The molecule has 22 heavy (non-hydrogen) atoms. The second kappa shape index (κ2) is 7.28. The number of nitrogens with zero attached hydrogens (tertiary/aromatic N) is 1. The highest BCUT2D eigenvalue weighted by Crippen LogP contribution is 2.19. The topological polar surface area (TPSA) is 64.9 Å². The quantitative estimate of drug-likeness (QED) is 0.864. The molecule has 0 saturated carbocycles. The third kappa shape index (κ3) is 4.64. The van der Waals surface area contributed by atoms with E-state index in [-0.39, 0.29) is 5.91 Å². The van der Waals surface area contributed by atoms with Crippen LogP contribution >= 0.6 is 0 Å². The van der Waals surface area contributed by atoms with E-state index in [1.54, 1.807) is 12.1 Å². The molecule has 2 aromatic carbocycles. The van der Waals surface area contributed by atoms with Gasteiger partial charge in [-0.15, -0.1) is 0 Å². The Balaban J connectivity index is 1.96. The molecule has 2 rings (SSSR count). The number of amides is 1. The number of carbonyl (C=O) groups is 1. The van der Waals surface area contributed by atoms with Crippen molar-refractivity contribution < 1.29 is 4.79 Å². The zero-order valence-corrected chi connectivity index (χ0v) is 12.8. The summed E-state index contributed by atoms with van der Waals surface area (Å²) in [6, 6.07) is 16.9. The standard InChI is InChI=1S/C18H19N3O/c1-13(2)11-18(22)21-17-9-7-16(8-10-17)20-15-5-3-14(12-19)4-6-15/h3-10,13,20H,11H2,1-2H3,(H,21,22). The summed E-state index contributed by atoms with van der Waals surface area (Å²) in [6.45, 7) is 4.04. The van der Waals surface area contributed by atoms with Crippen LogP contribution in [-0.2, 0) is 4.79 Å². The Morgan fingerprint density at radius 2 is 1.50 bits per heavy atom. The Morgan fingerprint density at radius 1 is 1.00 bits per heavy atom. The number of rotatable bonds is 5. The first-order valence-corrected chi connectivity index (χ1v) is 7.24. The van der Waals surface area contributed by atoms with Crippen molar-refractivity contribution in [1.29, 1.82) is 5.26 Å². The van der Waals surface area contributed by atoms with E-state index in [9.17, 15) is 4.79 Å². The summed E-state index contributed by atoms with van der Waals surface area (Å²) in [5.41, 5.74) is 3.26. The highest BCUT2D eigenvalue weighted by atomic mass is 16.1. The van der Waals surface area contributed by atoms with Crippen molar-refractivity contribution in [3.8, 4) is 6.07 Å². The van der Waals surface area contributed by atoms with E-state index in [1.807, 2.05) is 50.2 Å². The molecule has 0 unspecified atom stereocenters. The summed E-state index contributed by atoms with van der Waals surface area (Å²) >= 11 is 0. The second-order valence-electron chi connectivity index (χ2n) is 5.54. The highest BCUT2D eigenvalue weighted by Gasteiger charge is 2.05. The maximum Gasteiger partial charge on any atom is 0.224 e. The summed E-state index contributed by atoms with van der Waals surface area (Å²) in [5, 5.41) is 14.9. The van der Waals surface area contributed by atoms with Gasteiger partial charge in [0, 0.05) is 23.5 Å². The molecular formula is C18H19N3O. The van der Waals surface area contributed by atoms with Crippen molar-refractivity contribution in [3.63, 3.8) is 0 Å². The largest absolute Gasteiger partial charge is 0.356 e. The van der Waals surface area contributed by atoms with E-state index < -0.39 is 0 Å². The lowest BCUT2D eigenvalue weighted by Gasteiger charge is -2.09. The van der Waals surface area contributed by atoms with Crippen molar-refractivity contribution in [2.24, 2.45) is 5.92 Å². The number of nitriles is 1. The van der Waals surface area contributed by atoms with Gasteiger partial charge in [0.05, 0.1) is 11.6 Å². The first kappa shape index (κ1) is 15.6. The van der Waals surface area contributed by atoms with Gasteiger partial charge in [0.1, 0.15) is 0 Å². The van der Waals surface area contributed by atoms with Crippen LogP contribution in [0.15, 0.2) is 48.5 Å². The summed E-state index contributed by atoms with van der Waals surface area (Å²) < 4.78 is 0. The Kier molecular flexibility index (Phi) is 5.16. The zero-order chi connectivity index (χ0) is 15.9. The van der Waals surface area contributed by atoms with Gasteiger partial charge >= 0.3 is 0 Å². The number of carbonyl (C=O) groups excluding carboxylic acids is 1. The Hall–Kier alpha value is -2.80. The lowest BCUT2D eigenvalue weighted by Crippen LogP contribution is -2.13. The van der Waals surface area contributed by atoms with Crippen LogP contribution in [0.2, 0.25) is 0 Å². The van der Waals surface area contributed by atoms with E-state index in [0.717, 1.165) is 17.1 Å². The van der Waals surface area contributed by atoms with Crippen molar-refractivity contribution in [2.75, 3.05) is 10.6 Å². The van der Waals surface area contributed by atoms with Crippen LogP contribution in [-0.4, -0.2) is 5.91 Å². The van der Waals surface area contributed by atoms with Gasteiger partial charge in [-0.2, -0.15) is 5.26 Å². The SMILES string of the molecule is CC(C)CC(=O)Nc1ccc(Nc2ccc(C#N)cc2)cc1. The average Bonchev–Trinajstić information content (AvgIpc) is 2.49. The van der Waals surface area contributed by atoms with Gasteiger partial charge < -0.3 is 10.6 Å². The number of hydrogen-bond donors (Lipinski definition) is 2. The summed E-state index contributed by atoms with van der Waals surface area (Å²) in [7, 11) is 0. The minimum atomic E-state index is 0.0304. The van der Waals surface area contributed by atoms with Crippen molar-refractivity contribution in [3.05, 3.63) is 54.1 Å². The Labute approximate surface area is 130 Å². The van der Waals surface area contributed by atoms with Crippen molar-refractivity contribution in [2.45, 2.75) is 20.3 Å². The van der Waals surface area contributed by atoms with Crippen LogP contribution in [0.1, 0.15) is 25.8 Å². The molecule has 0 fully saturated rings. The van der Waals surface area contributed by atoms with Gasteiger partial charge in [-0.05, 0) is 54.4 Å². The fourth-order valence-electron chi connectivity index (χ4n) is 2.01. The van der Waals surface area contributed by atoms with Gasteiger partial charge in [0.2, 0.25) is 5.91 Å². The molecule has 0 aliphatic heterocycles. The maximum atomic E-state index is 11.7. The molecule has 0 aliphatic carbocycles. The Morgan fingerprint density at radius 3 is 2.00 bits per heavy atom. The third-order valence-corrected chi connectivity index (χ3v) is 3.06. The molecular weight excluding hydrogens is 274 g/mol. The summed E-state index contributed by atoms with van der Waals surface area (Å²) in [4.78, 5) is 11.7. The van der Waals surface area contributed by atoms with Crippen LogP contribution in [0.4, 0.5) is 17.1 Å². The van der Waals surface area contributed by atoms with E-state index in [0.29, 0.717) is 17.9 Å². The smallest absolute Gasteiger partial charge is 0.224 e. The molecule has 112 valence electrons. The first-order chi connectivity index (χ1) is 10.6. The van der Waals surface area contributed by atoms with Gasteiger partial charge in [0.25, 0.3) is 0 Å². The molecule has 0 aromatic heterocycles. The fraction of sp³-hybridized carbons (Fsp3) is 0.222. The number of anilines is 3. The molecule has 0 spiro atoms. The minimum Gasteiger partial charge on any atom is -0.356 e. The zero-order valence-electron chi connectivity index (χ0n) is 12.8. The van der Waals surface area contributed by atoms with Crippen molar-refractivity contribution in [1.82, 2.24) is 0 Å². The molecule has 1 amide bonds. The average molecular weight is 293 g/mol. The van der Waals surface area contributed by atoms with Gasteiger partial charge in [0.15, 0.2) is 0 Å². The molecule has 0 radical (unpaired) electrons. The predicted octanol–water partition coefficient (Wildman–Crippen LogP) is 4.29. The van der Waals surface area contributed by atoms with E-state index in [4.69, 9.17) is 5.26 Å². The molecule has 0 bridgehead atoms. The Bertz CT molecular complexity index is 667. The lowest BCUT2D eigenvalue weighted by molar-refractivity contribution is -0.116. The van der Waals surface area contributed by atoms with Crippen LogP contribution in [0, 0.1) is 17.2 Å². The molecule has 0 saturated heterocycles. The first-order valence-electron chi connectivity index (χ1n) is 7.24. The molecule has 2 N–H and O–H groups in total. The van der Waals surface area contributed by atoms with Crippen LogP contribution in [0.3, 0.4) is 0 Å². The summed E-state index contributed by atoms with van der Waals surface area (Å²) in [6.07, 6.45) is 0.519. The minimum absolute atomic E-state index is 0.0304. The van der Waals surface area contributed by atoms with Gasteiger partial charge in [-0.3, -0.25) is 4.79 Å². The molecule has 0 atom stereocenters. The fourth-order valence-corrected chi connectivity index (χ4v) is 2.01. The van der Waals surface area contributed by atoms with Gasteiger partial charge in [-0.1, -0.05) is 13.8 Å². The molecule has 4 nitrogen and oxygen atoms in total.